The van der Waals surface area contributed by atoms with Gasteiger partial charge < -0.3 is 9.67 Å². The van der Waals surface area contributed by atoms with Gasteiger partial charge in [0, 0.05) is 28.5 Å². The van der Waals surface area contributed by atoms with Crippen LogP contribution in [-0.2, 0) is 7.05 Å². The van der Waals surface area contributed by atoms with Crippen LogP contribution in [-0.4, -0.2) is 15.6 Å². The lowest BCUT2D eigenvalue weighted by Crippen LogP contribution is -2.16. The molecule has 0 amide bonds. The number of aromatic carboxylic acids is 1. The van der Waals surface area contributed by atoms with Gasteiger partial charge in [-0.05, 0) is 34.1 Å². The number of hydrogen-bond donors (Lipinski definition) is 1. The number of rotatable bonds is 1. The molecule has 82 valence electrons. The summed E-state index contributed by atoms with van der Waals surface area (Å²) in [6, 6.07) is 4.45. The SMILES string of the molecule is Cn1cc(Br)c2cc(C(=O)O)ccc2c1=O. The summed E-state index contributed by atoms with van der Waals surface area (Å²) in [7, 11) is 1.65. The van der Waals surface area contributed by atoms with Crippen molar-refractivity contribution in [3.05, 3.63) is 44.8 Å². The fourth-order valence-corrected chi connectivity index (χ4v) is 2.18. The number of aromatic nitrogens is 1. The molecule has 5 heteroatoms. The molecule has 1 heterocycles. The van der Waals surface area contributed by atoms with E-state index in [0.717, 1.165) is 0 Å². The summed E-state index contributed by atoms with van der Waals surface area (Å²) in [4.78, 5) is 22.6. The van der Waals surface area contributed by atoms with Gasteiger partial charge in [0.1, 0.15) is 0 Å². The van der Waals surface area contributed by atoms with Crippen LogP contribution < -0.4 is 5.56 Å². The summed E-state index contributed by atoms with van der Waals surface area (Å²) < 4.78 is 2.15. The lowest BCUT2D eigenvalue weighted by molar-refractivity contribution is 0.0697. The van der Waals surface area contributed by atoms with E-state index in [0.29, 0.717) is 15.2 Å². The number of pyridine rings is 1. The van der Waals surface area contributed by atoms with Crippen molar-refractivity contribution in [2.45, 2.75) is 0 Å². The molecule has 16 heavy (non-hydrogen) atoms. The Kier molecular flexibility index (Phi) is 2.55. The van der Waals surface area contributed by atoms with E-state index in [1.54, 1.807) is 13.2 Å². The van der Waals surface area contributed by atoms with Crippen LogP contribution in [0.5, 0.6) is 0 Å². The molecule has 0 aliphatic heterocycles. The van der Waals surface area contributed by atoms with E-state index in [2.05, 4.69) is 15.9 Å². The summed E-state index contributed by atoms with van der Waals surface area (Å²) in [5, 5.41) is 9.98. The summed E-state index contributed by atoms with van der Waals surface area (Å²) >= 11 is 3.31. The smallest absolute Gasteiger partial charge is 0.335 e. The van der Waals surface area contributed by atoms with Gasteiger partial charge in [0.25, 0.3) is 5.56 Å². The Morgan fingerprint density at radius 2 is 2.06 bits per heavy atom. The molecule has 0 aliphatic carbocycles. The minimum Gasteiger partial charge on any atom is -0.478 e. The predicted molar refractivity (Wildman–Crippen MR) is 63.8 cm³/mol. The zero-order valence-electron chi connectivity index (χ0n) is 8.40. The maximum absolute atomic E-state index is 11.8. The molecule has 2 rings (SSSR count). The van der Waals surface area contributed by atoms with E-state index in [1.807, 2.05) is 0 Å². The topological polar surface area (TPSA) is 59.3 Å². The number of hydrogen-bond acceptors (Lipinski definition) is 2. The molecule has 1 aromatic heterocycles. The van der Waals surface area contributed by atoms with Gasteiger partial charge in [0.05, 0.1) is 5.56 Å². The molecule has 2 aromatic rings. The van der Waals surface area contributed by atoms with E-state index in [4.69, 9.17) is 5.11 Å². The molecule has 4 nitrogen and oxygen atoms in total. The van der Waals surface area contributed by atoms with E-state index in [1.165, 1.54) is 22.8 Å². The molecule has 0 fully saturated rings. The van der Waals surface area contributed by atoms with Gasteiger partial charge in [0.15, 0.2) is 0 Å². The maximum atomic E-state index is 11.8. The van der Waals surface area contributed by atoms with E-state index in [-0.39, 0.29) is 11.1 Å². The van der Waals surface area contributed by atoms with Crippen molar-refractivity contribution in [2.75, 3.05) is 0 Å². The largest absolute Gasteiger partial charge is 0.478 e. The highest BCUT2D eigenvalue weighted by Gasteiger charge is 2.09. The third kappa shape index (κ3) is 1.63. The standard InChI is InChI=1S/C11H8BrNO3/c1-13-5-9(12)8-4-6(11(15)16)2-3-7(8)10(13)14/h2-5H,1H3,(H,15,16). The molecule has 1 aromatic carbocycles. The predicted octanol–water partition coefficient (Wildman–Crippen LogP) is 2.00. The fourth-order valence-electron chi connectivity index (χ4n) is 1.55. The quantitative estimate of drug-likeness (QED) is 0.870. The van der Waals surface area contributed by atoms with Gasteiger partial charge in [-0.2, -0.15) is 0 Å². The first-order chi connectivity index (χ1) is 7.50. The van der Waals surface area contributed by atoms with E-state index in [9.17, 15) is 9.59 Å². The Bertz CT molecular complexity index is 645. The molecule has 1 N–H and O–H groups in total. The molecule has 0 saturated carbocycles. The second-order valence-corrected chi connectivity index (χ2v) is 4.31. The third-order valence-electron chi connectivity index (χ3n) is 2.38. The van der Waals surface area contributed by atoms with Crippen molar-refractivity contribution >= 4 is 32.7 Å². The minimum absolute atomic E-state index is 0.143. The van der Waals surface area contributed by atoms with Gasteiger partial charge in [0.2, 0.25) is 0 Å². The Morgan fingerprint density at radius 3 is 2.69 bits per heavy atom. The highest BCUT2D eigenvalue weighted by atomic mass is 79.9. The first-order valence-electron chi connectivity index (χ1n) is 4.53. The van der Waals surface area contributed by atoms with Crippen LogP contribution in [0.4, 0.5) is 0 Å². The Morgan fingerprint density at radius 1 is 1.38 bits per heavy atom. The number of halogens is 1. The summed E-state index contributed by atoms with van der Waals surface area (Å²) in [5.41, 5.74) is 0.0246. The Labute approximate surface area is 99.3 Å². The number of aryl methyl sites for hydroxylation is 1. The van der Waals surface area contributed by atoms with Crippen molar-refractivity contribution in [1.82, 2.24) is 4.57 Å². The highest BCUT2D eigenvalue weighted by Crippen LogP contribution is 2.22. The molecule has 0 bridgehead atoms. The fraction of sp³-hybridized carbons (Fsp3) is 0.0909. The molecule has 0 atom stereocenters. The first-order valence-corrected chi connectivity index (χ1v) is 5.32. The van der Waals surface area contributed by atoms with Gasteiger partial charge >= 0.3 is 5.97 Å². The lowest BCUT2D eigenvalue weighted by Gasteiger charge is -2.05. The molecule has 0 radical (unpaired) electrons. The van der Waals surface area contributed by atoms with Crippen LogP contribution >= 0.6 is 15.9 Å². The van der Waals surface area contributed by atoms with E-state index >= 15 is 0 Å². The maximum Gasteiger partial charge on any atom is 0.335 e. The molecular formula is C11H8BrNO3. The van der Waals surface area contributed by atoms with Crippen LogP contribution in [0.15, 0.2) is 33.7 Å². The average Bonchev–Trinajstić information content (AvgIpc) is 2.25. The Balaban J connectivity index is 2.90. The van der Waals surface area contributed by atoms with Crippen molar-refractivity contribution in [3.8, 4) is 0 Å². The number of carboxylic acids is 1. The summed E-state index contributed by atoms with van der Waals surface area (Å²) in [5.74, 6) is -1.01. The van der Waals surface area contributed by atoms with Crippen LogP contribution in [0.1, 0.15) is 10.4 Å². The number of benzene rings is 1. The van der Waals surface area contributed by atoms with Crippen molar-refractivity contribution in [3.63, 3.8) is 0 Å². The van der Waals surface area contributed by atoms with Crippen LogP contribution in [0.2, 0.25) is 0 Å². The van der Waals surface area contributed by atoms with Crippen LogP contribution in [0.25, 0.3) is 10.8 Å². The van der Waals surface area contributed by atoms with Crippen LogP contribution in [0.3, 0.4) is 0 Å². The number of carbonyl (C=O) groups is 1. The Hall–Kier alpha value is -1.62. The van der Waals surface area contributed by atoms with Gasteiger partial charge in [-0.15, -0.1) is 0 Å². The second-order valence-electron chi connectivity index (χ2n) is 3.46. The highest BCUT2D eigenvalue weighted by molar-refractivity contribution is 9.10. The molecule has 0 aliphatic rings. The van der Waals surface area contributed by atoms with Gasteiger partial charge in [-0.25, -0.2) is 4.79 Å². The van der Waals surface area contributed by atoms with Crippen molar-refractivity contribution in [1.29, 1.82) is 0 Å². The lowest BCUT2D eigenvalue weighted by atomic mass is 10.1. The van der Waals surface area contributed by atoms with Crippen LogP contribution in [0, 0.1) is 0 Å². The molecule has 0 saturated heterocycles. The molecular weight excluding hydrogens is 274 g/mol. The van der Waals surface area contributed by atoms with Gasteiger partial charge in [-0.3, -0.25) is 4.79 Å². The second kappa shape index (κ2) is 3.75. The summed E-state index contributed by atoms with van der Waals surface area (Å²) in [6.07, 6.45) is 1.62. The normalized spacial score (nSPS) is 10.6. The summed E-state index contributed by atoms with van der Waals surface area (Å²) in [6.45, 7) is 0. The zero-order valence-corrected chi connectivity index (χ0v) is 9.98. The zero-order chi connectivity index (χ0) is 11.9. The number of nitrogens with zero attached hydrogens (tertiary/aromatic N) is 1. The first kappa shape index (κ1) is 10.9. The van der Waals surface area contributed by atoms with Crippen molar-refractivity contribution < 1.29 is 9.90 Å². The monoisotopic (exact) mass is 281 g/mol. The van der Waals surface area contributed by atoms with E-state index < -0.39 is 5.97 Å². The molecule has 0 spiro atoms. The number of fused-ring (bicyclic) bond motifs is 1. The van der Waals surface area contributed by atoms with Gasteiger partial charge in [-0.1, -0.05) is 0 Å². The third-order valence-corrected chi connectivity index (χ3v) is 3.01. The average molecular weight is 282 g/mol. The molecule has 0 unspecified atom stereocenters. The minimum atomic E-state index is -1.01. The van der Waals surface area contributed by atoms with Crippen molar-refractivity contribution in [2.24, 2.45) is 7.05 Å². The number of carboxylic acid groups (broad SMARTS) is 1.